The van der Waals surface area contributed by atoms with E-state index >= 15 is 0 Å². The van der Waals surface area contributed by atoms with Crippen molar-refractivity contribution in [3.63, 3.8) is 0 Å². The van der Waals surface area contributed by atoms with Gasteiger partial charge in [-0.15, -0.1) is 0 Å². The van der Waals surface area contributed by atoms with E-state index in [1.165, 1.54) is 5.69 Å². The average molecular weight is 401 g/mol. The largest absolute Gasteiger partial charge is 0.378 e. The Labute approximate surface area is 175 Å². The molecule has 30 heavy (non-hydrogen) atoms. The lowest BCUT2D eigenvalue weighted by atomic mass is 9.94. The molecular weight excluding hydrogens is 378 g/mol. The molecule has 0 bridgehead atoms. The van der Waals surface area contributed by atoms with Gasteiger partial charge < -0.3 is 20.3 Å². The van der Waals surface area contributed by atoms with Gasteiger partial charge in [0.1, 0.15) is 11.6 Å². The Morgan fingerprint density at radius 3 is 2.70 bits per heavy atom. The fourth-order valence-electron chi connectivity index (χ4n) is 3.94. The Balaban J connectivity index is 1.29. The average Bonchev–Trinajstić information content (AvgIpc) is 3.23. The highest BCUT2D eigenvalue weighted by Gasteiger charge is 2.30. The molecule has 0 spiro atoms. The highest BCUT2D eigenvalue weighted by atomic mass is 16.5. The molecule has 1 aromatic carbocycles. The van der Waals surface area contributed by atoms with Crippen LogP contribution in [0.15, 0.2) is 60.9 Å². The minimum Gasteiger partial charge on any atom is -0.378 e. The van der Waals surface area contributed by atoms with Crippen molar-refractivity contribution in [2.75, 3.05) is 48.4 Å². The third-order valence-corrected chi connectivity index (χ3v) is 5.55. The number of ketones is 1. The van der Waals surface area contributed by atoms with Crippen LogP contribution in [0.1, 0.15) is 21.8 Å². The van der Waals surface area contributed by atoms with E-state index in [1.807, 2.05) is 12.1 Å². The molecule has 5 rings (SSSR count). The van der Waals surface area contributed by atoms with Crippen LogP contribution in [-0.2, 0) is 4.74 Å². The monoisotopic (exact) mass is 401 g/mol. The number of hydrogen-bond donors (Lipinski definition) is 2. The van der Waals surface area contributed by atoms with Crippen LogP contribution in [-0.4, -0.2) is 48.6 Å². The van der Waals surface area contributed by atoms with Crippen molar-refractivity contribution in [2.45, 2.75) is 5.92 Å². The molecule has 7 nitrogen and oxygen atoms in total. The number of nitrogens with zero attached hydrogens (tertiary/aromatic N) is 3. The Hall–Kier alpha value is -3.45. The van der Waals surface area contributed by atoms with Crippen LogP contribution < -0.4 is 15.5 Å². The first-order valence-corrected chi connectivity index (χ1v) is 10.2. The van der Waals surface area contributed by atoms with Crippen molar-refractivity contribution in [2.24, 2.45) is 0 Å². The summed E-state index contributed by atoms with van der Waals surface area (Å²) in [5, 5.41) is 6.62. The molecular formula is C23H23N5O2. The molecule has 1 atom stereocenters. The zero-order chi connectivity index (χ0) is 20.3. The lowest BCUT2D eigenvalue weighted by Crippen LogP contribution is -2.36. The Morgan fingerprint density at radius 2 is 1.93 bits per heavy atom. The number of morpholine rings is 1. The SMILES string of the molecule is O=C(c1cccnc1)C1CNc2nc(Nc3ccc(N4CCOCC4)cc3)ccc21. The maximum atomic E-state index is 12.8. The number of aromatic nitrogens is 2. The summed E-state index contributed by atoms with van der Waals surface area (Å²) in [7, 11) is 0. The summed E-state index contributed by atoms with van der Waals surface area (Å²) in [6, 6.07) is 15.8. The topological polar surface area (TPSA) is 79.4 Å². The van der Waals surface area contributed by atoms with E-state index in [9.17, 15) is 4.79 Å². The molecule has 7 heteroatoms. The molecule has 0 aliphatic carbocycles. The summed E-state index contributed by atoms with van der Waals surface area (Å²) < 4.78 is 5.42. The number of pyridine rings is 2. The zero-order valence-corrected chi connectivity index (χ0v) is 16.5. The van der Waals surface area contributed by atoms with Crippen molar-refractivity contribution < 1.29 is 9.53 Å². The first-order valence-electron chi connectivity index (χ1n) is 10.2. The summed E-state index contributed by atoms with van der Waals surface area (Å²) in [4.78, 5) is 23.9. The van der Waals surface area contributed by atoms with Gasteiger partial charge in [0, 0.05) is 54.5 Å². The van der Waals surface area contributed by atoms with Gasteiger partial charge in [0.05, 0.1) is 19.1 Å². The van der Waals surface area contributed by atoms with Gasteiger partial charge in [-0.2, -0.15) is 0 Å². The van der Waals surface area contributed by atoms with E-state index in [4.69, 9.17) is 4.74 Å². The lowest BCUT2D eigenvalue weighted by molar-refractivity contribution is 0.0966. The number of rotatable bonds is 5. The predicted molar refractivity (Wildman–Crippen MR) is 117 cm³/mol. The van der Waals surface area contributed by atoms with E-state index in [-0.39, 0.29) is 11.7 Å². The summed E-state index contributed by atoms with van der Waals surface area (Å²) in [5.74, 6) is 1.33. The molecule has 152 valence electrons. The van der Waals surface area contributed by atoms with E-state index in [1.54, 1.807) is 24.5 Å². The van der Waals surface area contributed by atoms with Crippen LogP contribution in [0.4, 0.5) is 23.0 Å². The third kappa shape index (κ3) is 3.71. The number of Topliss-reactive ketones (excluding diaryl/α,β-unsaturated/α-hetero) is 1. The number of anilines is 4. The summed E-state index contributed by atoms with van der Waals surface area (Å²) in [6.45, 7) is 3.94. The number of benzene rings is 1. The van der Waals surface area contributed by atoms with Crippen molar-refractivity contribution in [3.8, 4) is 0 Å². The van der Waals surface area contributed by atoms with Gasteiger partial charge in [-0.3, -0.25) is 9.78 Å². The first kappa shape index (κ1) is 18.6. The summed E-state index contributed by atoms with van der Waals surface area (Å²) >= 11 is 0. The summed E-state index contributed by atoms with van der Waals surface area (Å²) in [5.41, 5.74) is 3.72. The highest BCUT2D eigenvalue weighted by Crippen LogP contribution is 2.34. The zero-order valence-electron chi connectivity index (χ0n) is 16.5. The van der Waals surface area contributed by atoms with Gasteiger partial charge in [0.15, 0.2) is 5.78 Å². The molecule has 4 heterocycles. The number of fused-ring (bicyclic) bond motifs is 1. The minimum absolute atomic E-state index is 0.0653. The van der Waals surface area contributed by atoms with Gasteiger partial charge in [0.2, 0.25) is 0 Å². The number of carbonyl (C=O) groups is 1. The Bertz CT molecular complexity index is 1030. The maximum Gasteiger partial charge on any atom is 0.173 e. The Kier molecular flexibility index (Phi) is 5.03. The fourth-order valence-corrected chi connectivity index (χ4v) is 3.94. The van der Waals surface area contributed by atoms with E-state index in [0.29, 0.717) is 12.1 Å². The van der Waals surface area contributed by atoms with Crippen molar-refractivity contribution in [1.82, 2.24) is 9.97 Å². The molecule has 2 aliphatic heterocycles. The van der Waals surface area contributed by atoms with Crippen LogP contribution in [0.2, 0.25) is 0 Å². The smallest absolute Gasteiger partial charge is 0.173 e. The van der Waals surface area contributed by atoms with Gasteiger partial charge >= 0.3 is 0 Å². The minimum atomic E-state index is -0.237. The molecule has 2 aliphatic rings. The molecule has 1 saturated heterocycles. The lowest BCUT2D eigenvalue weighted by Gasteiger charge is -2.28. The molecule has 1 unspecified atom stereocenters. The first-order chi connectivity index (χ1) is 14.8. The number of nitrogens with one attached hydrogen (secondary N) is 2. The number of carbonyl (C=O) groups excluding carboxylic acids is 1. The molecule has 0 radical (unpaired) electrons. The Morgan fingerprint density at radius 1 is 1.10 bits per heavy atom. The van der Waals surface area contributed by atoms with E-state index in [0.717, 1.165) is 49.2 Å². The standard InChI is InChI=1S/C23H23N5O2/c29-22(16-2-1-9-24-14-16)20-15-25-23-19(20)7-8-21(27-23)26-17-3-5-18(6-4-17)28-10-12-30-13-11-28/h1-9,14,20H,10-13,15H2,(H2,25,26,27). The number of ether oxygens (including phenoxy) is 1. The van der Waals surface area contributed by atoms with Gasteiger partial charge in [0.25, 0.3) is 0 Å². The molecule has 2 aromatic heterocycles. The third-order valence-electron chi connectivity index (χ3n) is 5.55. The van der Waals surface area contributed by atoms with Gasteiger partial charge in [-0.1, -0.05) is 6.07 Å². The quantitative estimate of drug-likeness (QED) is 0.634. The molecule has 3 aromatic rings. The molecule has 2 N–H and O–H groups in total. The van der Waals surface area contributed by atoms with Crippen LogP contribution in [0.25, 0.3) is 0 Å². The van der Waals surface area contributed by atoms with Gasteiger partial charge in [-0.05, 0) is 42.5 Å². The highest BCUT2D eigenvalue weighted by molar-refractivity contribution is 6.02. The number of hydrogen-bond acceptors (Lipinski definition) is 7. The van der Waals surface area contributed by atoms with E-state index < -0.39 is 0 Å². The second kappa shape index (κ2) is 8.12. The second-order valence-corrected chi connectivity index (χ2v) is 7.45. The predicted octanol–water partition coefficient (Wildman–Crippen LogP) is 3.45. The maximum absolute atomic E-state index is 12.8. The molecule has 0 saturated carbocycles. The van der Waals surface area contributed by atoms with Crippen LogP contribution in [0.3, 0.4) is 0 Å². The fraction of sp³-hybridized carbons (Fsp3) is 0.261. The van der Waals surface area contributed by atoms with Crippen molar-refractivity contribution in [3.05, 3.63) is 72.1 Å². The van der Waals surface area contributed by atoms with Crippen molar-refractivity contribution >= 4 is 28.8 Å². The second-order valence-electron chi connectivity index (χ2n) is 7.45. The normalized spacial score (nSPS) is 17.9. The van der Waals surface area contributed by atoms with Gasteiger partial charge in [-0.25, -0.2) is 4.98 Å². The summed E-state index contributed by atoms with van der Waals surface area (Å²) in [6.07, 6.45) is 3.29. The van der Waals surface area contributed by atoms with Crippen LogP contribution in [0.5, 0.6) is 0 Å². The molecule has 1 fully saturated rings. The van der Waals surface area contributed by atoms with Crippen LogP contribution >= 0.6 is 0 Å². The molecule has 0 amide bonds. The van der Waals surface area contributed by atoms with Crippen molar-refractivity contribution in [1.29, 1.82) is 0 Å². The van der Waals surface area contributed by atoms with E-state index in [2.05, 4.69) is 49.8 Å². The van der Waals surface area contributed by atoms with Crippen LogP contribution in [0, 0.1) is 0 Å².